The van der Waals surface area contributed by atoms with Gasteiger partial charge in [0, 0.05) is 18.6 Å². The minimum Gasteiger partial charge on any atom is -0.378 e. The van der Waals surface area contributed by atoms with Gasteiger partial charge in [-0.05, 0) is 24.8 Å². The molecule has 1 rings (SSSR count). The minimum absolute atomic E-state index is 0.0170. The predicted octanol–water partition coefficient (Wildman–Crippen LogP) is 2.49. The molecule has 0 spiro atoms. The normalized spacial score (nSPS) is 37.5. The summed E-state index contributed by atoms with van der Waals surface area (Å²) in [5.41, 5.74) is 8.61. The zero-order valence-corrected chi connectivity index (χ0v) is 10.9. The quantitative estimate of drug-likeness (QED) is 0.423. The van der Waals surface area contributed by atoms with Gasteiger partial charge in [0.2, 0.25) is 0 Å². The summed E-state index contributed by atoms with van der Waals surface area (Å²) in [6.45, 7) is 6.47. The zero-order chi connectivity index (χ0) is 12.8. The molecule has 98 valence electrons. The first-order valence-electron chi connectivity index (χ1n) is 6.03. The van der Waals surface area contributed by atoms with Crippen LogP contribution in [0.3, 0.4) is 0 Å². The molecule has 0 saturated carbocycles. The fourth-order valence-corrected chi connectivity index (χ4v) is 2.33. The van der Waals surface area contributed by atoms with Gasteiger partial charge in [-0.2, -0.15) is 0 Å². The van der Waals surface area contributed by atoms with Crippen molar-refractivity contribution in [1.82, 2.24) is 0 Å². The van der Waals surface area contributed by atoms with Gasteiger partial charge in [0.05, 0.1) is 18.2 Å². The van der Waals surface area contributed by atoms with E-state index in [1.165, 1.54) is 0 Å². The molecule has 1 aliphatic rings. The lowest BCUT2D eigenvalue weighted by Crippen LogP contribution is -2.53. The number of azide groups is 1. The summed E-state index contributed by atoms with van der Waals surface area (Å²) in [4.78, 5) is 2.87. The smallest absolute Gasteiger partial charge is 0.166 e. The Morgan fingerprint density at radius 3 is 2.59 bits per heavy atom. The van der Waals surface area contributed by atoms with Crippen LogP contribution in [0.5, 0.6) is 0 Å². The number of ether oxygens (including phenoxy) is 3. The van der Waals surface area contributed by atoms with Crippen molar-refractivity contribution in [2.24, 2.45) is 11.0 Å². The summed E-state index contributed by atoms with van der Waals surface area (Å²) in [5, 5.41) is 3.78. The number of methoxy groups -OCH3 is 1. The van der Waals surface area contributed by atoms with Crippen molar-refractivity contribution in [2.45, 2.75) is 51.7 Å². The highest BCUT2D eigenvalue weighted by Crippen LogP contribution is 2.32. The maximum absolute atomic E-state index is 8.61. The second-order valence-corrected chi connectivity index (χ2v) is 4.16. The third kappa shape index (κ3) is 3.10. The Morgan fingerprint density at radius 2 is 2.12 bits per heavy atom. The highest BCUT2D eigenvalue weighted by molar-refractivity contribution is 4.91. The van der Waals surface area contributed by atoms with Gasteiger partial charge in [0.25, 0.3) is 0 Å². The molecule has 6 nitrogen and oxygen atoms in total. The van der Waals surface area contributed by atoms with Crippen molar-refractivity contribution in [3.63, 3.8) is 0 Å². The first kappa shape index (κ1) is 14.3. The molecule has 1 heterocycles. The SMILES string of the molecule is CCOC1OC(CC)[C@H](OC)[C@H](C)C1N=[N+]=[N-]. The van der Waals surface area contributed by atoms with Gasteiger partial charge >= 0.3 is 0 Å². The Hall–Kier alpha value is -0.810. The van der Waals surface area contributed by atoms with Gasteiger partial charge in [0.15, 0.2) is 6.29 Å². The van der Waals surface area contributed by atoms with Gasteiger partial charge in [-0.15, -0.1) is 0 Å². The van der Waals surface area contributed by atoms with Gasteiger partial charge in [-0.25, -0.2) is 0 Å². The van der Waals surface area contributed by atoms with Crippen LogP contribution in [0.25, 0.3) is 10.4 Å². The predicted molar refractivity (Wildman–Crippen MR) is 63.5 cm³/mol. The van der Waals surface area contributed by atoms with E-state index in [1.54, 1.807) is 7.11 Å². The lowest BCUT2D eigenvalue weighted by atomic mass is 9.88. The molecular weight excluding hydrogens is 222 g/mol. The van der Waals surface area contributed by atoms with E-state index >= 15 is 0 Å². The van der Waals surface area contributed by atoms with Crippen molar-refractivity contribution < 1.29 is 14.2 Å². The van der Waals surface area contributed by atoms with Crippen LogP contribution in [0, 0.1) is 5.92 Å². The van der Waals surface area contributed by atoms with Crippen LogP contribution in [0.1, 0.15) is 27.2 Å². The van der Waals surface area contributed by atoms with Crippen LogP contribution in [0.4, 0.5) is 0 Å². The molecule has 5 atom stereocenters. The highest BCUT2D eigenvalue weighted by Gasteiger charge is 2.43. The fourth-order valence-electron chi connectivity index (χ4n) is 2.33. The van der Waals surface area contributed by atoms with Crippen LogP contribution >= 0.6 is 0 Å². The van der Waals surface area contributed by atoms with Crippen molar-refractivity contribution >= 4 is 0 Å². The van der Waals surface area contributed by atoms with Gasteiger partial charge in [-0.3, -0.25) is 0 Å². The Kier molecular flexibility index (Phi) is 5.71. The Morgan fingerprint density at radius 1 is 1.41 bits per heavy atom. The van der Waals surface area contributed by atoms with Crippen molar-refractivity contribution in [2.75, 3.05) is 13.7 Å². The summed E-state index contributed by atoms with van der Waals surface area (Å²) in [6, 6.07) is -0.340. The average Bonchev–Trinajstić information content (AvgIpc) is 2.33. The van der Waals surface area contributed by atoms with E-state index < -0.39 is 6.29 Å². The maximum atomic E-state index is 8.61. The summed E-state index contributed by atoms with van der Waals surface area (Å²) in [6.07, 6.45) is 0.293. The summed E-state index contributed by atoms with van der Waals surface area (Å²) < 4.78 is 16.7. The number of hydrogen-bond acceptors (Lipinski definition) is 4. The lowest BCUT2D eigenvalue weighted by molar-refractivity contribution is -0.249. The monoisotopic (exact) mass is 243 g/mol. The molecule has 6 heteroatoms. The number of rotatable bonds is 5. The minimum atomic E-state index is -0.470. The molecule has 0 amide bonds. The zero-order valence-electron chi connectivity index (χ0n) is 10.9. The van der Waals surface area contributed by atoms with Crippen LogP contribution in [0.2, 0.25) is 0 Å². The second kappa shape index (κ2) is 6.81. The largest absolute Gasteiger partial charge is 0.378 e. The molecule has 0 bridgehead atoms. The van der Waals surface area contributed by atoms with Crippen molar-refractivity contribution in [3.8, 4) is 0 Å². The highest BCUT2D eigenvalue weighted by atomic mass is 16.7. The molecular formula is C11H21N3O3. The van der Waals surface area contributed by atoms with E-state index in [9.17, 15) is 0 Å². The van der Waals surface area contributed by atoms with E-state index in [1.807, 2.05) is 20.8 Å². The Labute approximate surface area is 102 Å². The standard InChI is InChI=1S/C11H21N3O3/c1-5-8-10(15-4)7(3)9(13-14-12)11(17-8)16-6-2/h7-11H,5-6H2,1-4H3/t7-,8?,9?,10-,11?/m1/s1. The molecule has 0 aromatic heterocycles. The van der Waals surface area contributed by atoms with E-state index in [4.69, 9.17) is 19.7 Å². The third-order valence-corrected chi connectivity index (χ3v) is 3.20. The Bertz CT molecular complexity index is 279. The summed E-state index contributed by atoms with van der Waals surface area (Å²) in [5.74, 6) is 0.0751. The molecule has 17 heavy (non-hydrogen) atoms. The third-order valence-electron chi connectivity index (χ3n) is 3.20. The van der Waals surface area contributed by atoms with Gasteiger partial charge in [0.1, 0.15) is 0 Å². The average molecular weight is 243 g/mol. The van der Waals surface area contributed by atoms with Crippen LogP contribution in [-0.2, 0) is 14.2 Å². The summed E-state index contributed by atoms with van der Waals surface area (Å²) in [7, 11) is 1.65. The summed E-state index contributed by atoms with van der Waals surface area (Å²) >= 11 is 0. The molecule has 0 aromatic carbocycles. The molecule has 3 unspecified atom stereocenters. The fraction of sp³-hybridized carbons (Fsp3) is 1.00. The van der Waals surface area contributed by atoms with E-state index in [2.05, 4.69) is 10.0 Å². The molecule has 1 saturated heterocycles. The second-order valence-electron chi connectivity index (χ2n) is 4.16. The Balaban J connectivity index is 2.88. The van der Waals surface area contributed by atoms with Gasteiger partial charge < -0.3 is 14.2 Å². The molecule has 0 radical (unpaired) electrons. The van der Waals surface area contributed by atoms with Crippen LogP contribution in [-0.4, -0.2) is 38.3 Å². The van der Waals surface area contributed by atoms with E-state index in [0.29, 0.717) is 6.61 Å². The molecule has 0 N–H and O–H groups in total. The van der Waals surface area contributed by atoms with Crippen molar-refractivity contribution in [1.29, 1.82) is 0 Å². The van der Waals surface area contributed by atoms with E-state index in [-0.39, 0.29) is 24.2 Å². The molecule has 0 aliphatic carbocycles. The number of nitrogens with zero attached hydrogens (tertiary/aromatic N) is 3. The first-order valence-corrected chi connectivity index (χ1v) is 6.03. The lowest BCUT2D eigenvalue weighted by Gasteiger charge is -2.43. The van der Waals surface area contributed by atoms with E-state index in [0.717, 1.165) is 6.42 Å². The van der Waals surface area contributed by atoms with Crippen LogP contribution in [0.15, 0.2) is 5.11 Å². The molecule has 1 fully saturated rings. The first-order chi connectivity index (χ1) is 8.19. The van der Waals surface area contributed by atoms with Crippen molar-refractivity contribution in [3.05, 3.63) is 10.4 Å². The van der Waals surface area contributed by atoms with Gasteiger partial charge in [-0.1, -0.05) is 19.0 Å². The molecule has 1 aliphatic heterocycles. The van der Waals surface area contributed by atoms with Crippen LogP contribution < -0.4 is 0 Å². The topological polar surface area (TPSA) is 76.5 Å². The molecule has 0 aromatic rings. The maximum Gasteiger partial charge on any atom is 0.166 e. The number of hydrogen-bond donors (Lipinski definition) is 0.